The van der Waals surface area contributed by atoms with Gasteiger partial charge in [0, 0.05) is 21.4 Å². The number of aromatic nitrogens is 4. The fourth-order valence-electron chi connectivity index (χ4n) is 3.96. The molecular formula is C24H22IN5O2. The molecule has 0 bridgehead atoms. The minimum Gasteiger partial charge on any atom is -0.504 e. The van der Waals surface area contributed by atoms with Crippen LogP contribution in [0.4, 0.5) is 0 Å². The van der Waals surface area contributed by atoms with E-state index in [9.17, 15) is 5.11 Å². The number of phenolic OH excluding ortho intramolecular Hbond substituents is 1. The van der Waals surface area contributed by atoms with Gasteiger partial charge < -0.3 is 19.7 Å². The Kier molecular flexibility index (Phi) is 6.04. The van der Waals surface area contributed by atoms with E-state index in [4.69, 9.17) is 9.72 Å². The Morgan fingerprint density at radius 2 is 1.78 bits per heavy atom. The van der Waals surface area contributed by atoms with Gasteiger partial charge in [0.2, 0.25) is 0 Å². The van der Waals surface area contributed by atoms with E-state index in [1.165, 1.54) is 3.57 Å². The van der Waals surface area contributed by atoms with Gasteiger partial charge in [-0.05, 0) is 78.9 Å². The molecule has 8 heteroatoms. The summed E-state index contributed by atoms with van der Waals surface area (Å²) >= 11 is 2.30. The number of aromatic hydroxyl groups is 1. The molecule has 0 atom stereocenters. The maximum atomic E-state index is 10.1. The van der Waals surface area contributed by atoms with Gasteiger partial charge in [0.1, 0.15) is 0 Å². The summed E-state index contributed by atoms with van der Waals surface area (Å²) in [6, 6.07) is 17.5. The van der Waals surface area contributed by atoms with E-state index >= 15 is 0 Å². The molecule has 0 radical (unpaired) electrons. The Balaban J connectivity index is 1.58. The van der Waals surface area contributed by atoms with Crippen molar-refractivity contribution in [2.45, 2.75) is 18.9 Å². The predicted molar refractivity (Wildman–Crippen MR) is 131 cm³/mol. The second-order valence-electron chi connectivity index (χ2n) is 7.63. The van der Waals surface area contributed by atoms with Crippen LogP contribution in [0.3, 0.4) is 0 Å². The van der Waals surface area contributed by atoms with Crippen molar-refractivity contribution in [3.8, 4) is 40.2 Å². The van der Waals surface area contributed by atoms with Crippen molar-refractivity contribution in [2.75, 3.05) is 13.1 Å². The van der Waals surface area contributed by atoms with E-state index in [1.807, 2.05) is 12.4 Å². The maximum absolute atomic E-state index is 10.1. The minimum atomic E-state index is 0.0424. The van der Waals surface area contributed by atoms with Crippen LogP contribution < -0.4 is 10.1 Å². The zero-order valence-electron chi connectivity index (χ0n) is 17.3. The third-order valence-corrected chi connectivity index (χ3v) is 6.28. The summed E-state index contributed by atoms with van der Waals surface area (Å²) in [5.41, 5.74) is 3.60. The van der Waals surface area contributed by atoms with Crippen LogP contribution >= 0.6 is 22.6 Å². The quantitative estimate of drug-likeness (QED) is 0.346. The van der Waals surface area contributed by atoms with Crippen molar-refractivity contribution in [3.63, 3.8) is 0 Å². The highest BCUT2D eigenvalue weighted by molar-refractivity contribution is 14.1. The predicted octanol–water partition coefficient (Wildman–Crippen LogP) is 5.03. The first-order chi connectivity index (χ1) is 15.7. The number of imidazole rings is 1. The van der Waals surface area contributed by atoms with Crippen molar-refractivity contribution in [1.82, 2.24) is 24.8 Å². The summed E-state index contributed by atoms with van der Waals surface area (Å²) in [6.07, 6.45) is 5.66. The topological polar surface area (TPSA) is 85.1 Å². The molecule has 1 saturated heterocycles. The lowest BCUT2D eigenvalue weighted by Gasteiger charge is -2.25. The number of ether oxygens (including phenoxy) is 1. The van der Waals surface area contributed by atoms with E-state index < -0.39 is 0 Å². The second-order valence-corrected chi connectivity index (χ2v) is 8.88. The van der Waals surface area contributed by atoms with Crippen LogP contribution in [0.25, 0.3) is 22.6 Å². The van der Waals surface area contributed by atoms with Gasteiger partial charge in [-0.1, -0.05) is 24.3 Å². The standard InChI is InChI=1S/C24H22IN5O2/c25-17-7-5-16(6-8-17)22-23(30(15-28-22)18-9-12-26-13-10-18)19-11-14-27-24(29-19)32-21-4-2-1-3-20(21)31/h1-8,11,14-15,18,26,31H,9-10,12-13H2. The number of nitrogens with one attached hydrogen (secondary N) is 1. The Morgan fingerprint density at radius 3 is 2.56 bits per heavy atom. The van der Waals surface area contributed by atoms with Gasteiger partial charge in [0.15, 0.2) is 11.5 Å². The average Bonchev–Trinajstić information content (AvgIpc) is 3.27. The fraction of sp³-hybridized carbons (Fsp3) is 0.208. The number of piperidine rings is 1. The molecule has 1 aliphatic rings. The molecule has 0 unspecified atom stereocenters. The Hall–Kier alpha value is -2.98. The van der Waals surface area contributed by atoms with Gasteiger partial charge in [0.25, 0.3) is 0 Å². The molecule has 2 aromatic carbocycles. The molecule has 4 aromatic rings. The molecule has 5 rings (SSSR count). The van der Waals surface area contributed by atoms with Crippen LogP contribution in [-0.2, 0) is 0 Å². The van der Waals surface area contributed by atoms with Crippen molar-refractivity contribution < 1.29 is 9.84 Å². The largest absolute Gasteiger partial charge is 0.504 e. The lowest BCUT2D eigenvalue weighted by Crippen LogP contribution is -2.29. The number of nitrogens with zero attached hydrogens (tertiary/aromatic N) is 4. The fourth-order valence-corrected chi connectivity index (χ4v) is 4.32. The molecule has 2 N–H and O–H groups in total. The number of phenols is 1. The van der Waals surface area contributed by atoms with Crippen LogP contribution in [0, 0.1) is 3.57 Å². The highest BCUT2D eigenvalue weighted by Crippen LogP contribution is 2.36. The molecule has 0 aliphatic carbocycles. The lowest BCUT2D eigenvalue weighted by atomic mass is 10.0. The molecule has 0 amide bonds. The molecular weight excluding hydrogens is 517 g/mol. The Bertz CT molecular complexity index is 1220. The normalized spacial score (nSPS) is 14.4. The highest BCUT2D eigenvalue weighted by Gasteiger charge is 2.23. The number of para-hydroxylation sites is 2. The Labute approximate surface area is 199 Å². The molecule has 32 heavy (non-hydrogen) atoms. The van der Waals surface area contributed by atoms with E-state index in [0.717, 1.165) is 48.6 Å². The smallest absolute Gasteiger partial charge is 0.322 e. The molecule has 7 nitrogen and oxygen atoms in total. The molecule has 162 valence electrons. The molecule has 1 aliphatic heterocycles. The highest BCUT2D eigenvalue weighted by atomic mass is 127. The third kappa shape index (κ3) is 4.33. The summed E-state index contributed by atoms with van der Waals surface area (Å²) in [4.78, 5) is 13.7. The Morgan fingerprint density at radius 1 is 1.00 bits per heavy atom. The zero-order chi connectivity index (χ0) is 21.9. The van der Waals surface area contributed by atoms with E-state index in [1.54, 1.807) is 30.5 Å². The van der Waals surface area contributed by atoms with Crippen molar-refractivity contribution in [1.29, 1.82) is 0 Å². The van der Waals surface area contributed by atoms with Crippen molar-refractivity contribution >= 4 is 22.6 Å². The van der Waals surface area contributed by atoms with Gasteiger partial charge in [-0.3, -0.25) is 0 Å². The molecule has 1 fully saturated rings. The SMILES string of the molecule is Oc1ccccc1Oc1nccc(-c2c(-c3ccc(I)cc3)ncn2C2CCNCC2)n1. The van der Waals surface area contributed by atoms with Gasteiger partial charge >= 0.3 is 6.01 Å². The van der Waals surface area contributed by atoms with E-state index in [-0.39, 0.29) is 11.8 Å². The second kappa shape index (κ2) is 9.25. The van der Waals surface area contributed by atoms with Crippen LogP contribution in [-0.4, -0.2) is 37.7 Å². The first-order valence-electron chi connectivity index (χ1n) is 10.5. The number of hydrogen-bond acceptors (Lipinski definition) is 6. The van der Waals surface area contributed by atoms with Crippen molar-refractivity contribution in [3.05, 3.63) is 70.7 Å². The number of hydrogen-bond donors (Lipinski definition) is 2. The summed E-state index contributed by atoms with van der Waals surface area (Å²) in [6.45, 7) is 1.96. The number of halogens is 1. The van der Waals surface area contributed by atoms with Crippen LogP contribution in [0.15, 0.2) is 67.1 Å². The van der Waals surface area contributed by atoms with Gasteiger partial charge in [-0.25, -0.2) is 9.97 Å². The molecule has 0 saturated carbocycles. The first kappa shape index (κ1) is 20.9. The van der Waals surface area contributed by atoms with Gasteiger partial charge in [0.05, 0.1) is 23.4 Å². The summed E-state index contributed by atoms with van der Waals surface area (Å²) in [5, 5.41) is 13.5. The van der Waals surface area contributed by atoms with Crippen LogP contribution in [0.5, 0.6) is 17.5 Å². The van der Waals surface area contributed by atoms with Gasteiger partial charge in [-0.2, -0.15) is 4.98 Å². The van der Waals surface area contributed by atoms with Crippen LogP contribution in [0.2, 0.25) is 0 Å². The monoisotopic (exact) mass is 539 g/mol. The van der Waals surface area contributed by atoms with Crippen molar-refractivity contribution in [2.24, 2.45) is 0 Å². The summed E-state index contributed by atoms with van der Waals surface area (Å²) in [7, 11) is 0. The van der Waals surface area contributed by atoms with Crippen LogP contribution in [0.1, 0.15) is 18.9 Å². The minimum absolute atomic E-state index is 0.0424. The van der Waals surface area contributed by atoms with E-state index in [2.05, 4.69) is 66.7 Å². The summed E-state index contributed by atoms with van der Waals surface area (Å²) in [5.74, 6) is 0.357. The number of benzene rings is 2. The number of rotatable bonds is 5. The molecule has 0 spiro atoms. The average molecular weight is 539 g/mol. The van der Waals surface area contributed by atoms with Gasteiger partial charge in [-0.15, -0.1) is 0 Å². The summed E-state index contributed by atoms with van der Waals surface area (Å²) < 4.78 is 9.19. The lowest BCUT2D eigenvalue weighted by molar-refractivity contribution is 0.369. The molecule has 3 heterocycles. The maximum Gasteiger partial charge on any atom is 0.322 e. The van der Waals surface area contributed by atoms with E-state index in [0.29, 0.717) is 11.8 Å². The zero-order valence-corrected chi connectivity index (χ0v) is 19.4. The third-order valence-electron chi connectivity index (χ3n) is 5.56. The molecule has 2 aromatic heterocycles. The first-order valence-corrected chi connectivity index (χ1v) is 11.6.